The highest BCUT2D eigenvalue weighted by Gasteiger charge is 2.41. The van der Waals surface area contributed by atoms with Crippen LogP contribution in [0.3, 0.4) is 0 Å². The van der Waals surface area contributed by atoms with E-state index in [1.165, 1.54) is 12.1 Å². The summed E-state index contributed by atoms with van der Waals surface area (Å²) in [6.07, 6.45) is 0.361. The topological polar surface area (TPSA) is 107 Å². The second-order valence-electron chi connectivity index (χ2n) is 5.61. The summed E-state index contributed by atoms with van der Waals surface area (Å²) in [7, 11) is -4.15. The molecule has 0 saturated carbocycles. The molecule has 0 aliphatic carbocycles. The molecule has 1 aliphatic rings. The number of carboxylic acid groups (broad SMARTS) is 1. The van der Waals surface area contributed by atoms with Gasteiger partial charge in [0.2, 0.25) is 9.84 Å². The second-order valence-corrected chi connectivity index (χ2v) is 7.53. The van der Waals surface area contributed by atoms with E-state index in [4.69, 9.17) is 5.41 Å². The lowest BCUT2D eigenvalue weighted by atomic mass is 9.98. The van der Waals surface area contributed by atoms with Crippen molar-refractivity contribution < 1.29 is 18.3 Å². The zero-order valence-electron chi connectivity index (χ0n) is 12.6. The number of anilines is 1. The molecule has 0 fully saturated rings. The number of para-hydroxylation sites is 1. The number of carboxylic acids is 1. The van der Waals surface area contributed by atoms with Gasteiger partial charge >= 0.3 is 5.97 Å². The normalized spacial score (nSPS) is 17.6. The summed E-state index contributed by atoms with van der Waals surface area (Å²) in [5, 5.41) is 19.9. The number of carbonyl (C=O) groups is 1. The van der Waals surface area contributed by atoms with Gasteiger partial charge in [-0.3, -0.25) is 10.2 Å². The molecule has 0 amide bonds. The first-order chi connectivity index (χ1) is 11.4. The van der Waals surface area contributed by atoms with Gasteiger partial charge in [-0.15, -0.1) is 0 Å². The summed E-state index contributed by atoms with van der Waals surface area (Å²) < 4.78 is 25.2. The van der Waals surface area contributed by atoms with Crippen molar-refractivity contribution in [1.29, 1.82) is 5.41 Å². The minimum atomic E-state index is -4.15. The van der Waals surface area contributed by atoms with E-state index in [-0.39, 0.29) is 4.90 Å². The van der Waals surface area contributed by atoms with Crippen molar-refractivity contribution in [2.75, 3.05) is 5.32 Å². The SMILES string of the molecule is N=C(C(C(=O)O)[C@H]1Cc2ccccc2N1)S(=O)(=O)c1ccccc1. The Kier molecular flexibility index (Phi) is 4.11. The molecule has 2 aromatic carbocycles. The van der Waals surface area contributed by atoms with Crippen molar-refractivity contribution in [2.45, 2.75) is 17.4 Å². The number of rotatable bonds is 4. The van der Waals surface area contributed by atoms with E-state index >= 15 is 0 Å². The van der Waals surface area contributed by atoms with Crippen molar-refractivity contribution in [3.63, 3.8) is 0 Å². The van der Waals surface area contributed by atoms with Crippen LogP contribution in [0.2, 0.25) is 0 Å². The Hall–Kier alpha value is -2.67. The largest absolute Gasteiger partial charge is 0.481 e. The first-order valence-electron chi connectivity index (χ1n) is 7.37. The van der Waals surface area contributed by atoms with E-state index in [1.54, 1.807) is 18.2 Å². The zero-order chi connectivity index (χ0) is 17.3. The van der Waals surface area contributed by atoms with Gasteiger partial charge in [-0.1, -0.05) is 36.4 Å². The maximum atomic E-state index is 12.6. The van der Waals surface area contributed by atoms with Gasteiger partial charge in [0.05, 0.1) is 4.90 Å². The highest BCUT2D eigenvalue weighted by molar-refractivity contribution is 8.06. The fourth-order valence-corrected chi connectivity index (χ4v) is 4.26. The molecule has 0 radical (unpaired) electrons. The standard InChI is InChI=1S/C17H16N2O4S/c18-16(24(22,23)12-7-2-1-3-8-12)15(17(20)21)14-10-11-6-4-5-9-13(11)19-14/h1-9,14-15,18-19H,10H2,(H,20,21)/t14-,15?/m1/s1. The van der Waals surface area contributed by atoms with Crippen LogP contribution in [0.25, 0.3) is 0 Å². The molecular formula is C17H16N2O4S. The predicted molar refractivity (Wildman–Crippen MR) is 90.0 cm³/mol. The van der Waals surface area contributed by atoms with Crippen LogP contribution < -0.4 is 5.32 Å². The minimum absolute atomic E-state index is 0.0724. The van der Waals surface area contributed by atoms with Gasteiger partial charge in [-0.2, -0.15) is 0 Å². The minimum Gasteiger partial charge on any atom is -0.481 e. The molecule has 0 bridgehead atoms. The predicted octanol–water partition coefficient (Wildman–Crippen LogP) is 2.18. The van der Waals surface area contributed by atoms with Crippen molar-refractivity contribution >= 4 is 26.5 Å². The fraction of sp³-hybridized carbons (Fsp3) is 0.176. The molecule has 24 heavy (non-hydrogen) atoms. The smallest absolute Gasteiger partial charge is 0.315 e. The Morgan fingerprint density at radius 1 is 1.12 bits per heavy atom. The Balaban J connectivity index is 1.93. The molecular weight excluding hydrogens is 328 g/mol. The van der Waals surface area contributed by atoms with Crippen molar-refractivity contribution in [2.24, 2.45) is 5.92 Å². The molecule has 0 saturated heterocycles. The molecule has 1 unspecified atom stereocenters. The van der Waals surface area contributed by atoms with Gasteiger partial charge in [0.1, 0.15) is 11.0 Å². The Morgan fingerprint density at radius 2 is 1.75 bits per heavy atom. The molecule has 0 spiro atoms. The Labute approximate surface area is 139 Å². The van der Waals surface area contributed by atoms with Crippen LogP contribution in [0.15, 0.2) is 59.5 Å². The van der Waals surface area contributed by atoms with E-state index in [0.717, 1.165) is 11.3 Å². The molecule has 2 atom stereocenters. The number of benzene rings is 2. The van der Waals surface area contributed by atoms with Crippen LogP contribution in [0.1, 0.15) is 5.56 Å². The van der Waals surface area contributed by atoms with E-state index < -0.39 is 32.8 Å². The zero-order valence-corrected chi connectivity index (χ0v) is 13.5. The van der Waals surface area contributed by atoms with Crippen LogP contribution in [0.5, 0.6) is 0 Å². The molecule has 3 rings (SSSR count). The number of nitrogens with one attached hydrogen (secondary N) is 2. The summed E-state index contributed by atoms with van der Waals surface area (Å²) in [5.74, 6) is -2.78. The van der Waals surface area contributed by atoms with Crippen LogP contribution >= 0.6 is 0 Å². The summed E-state index contributed by atoms with van der Waals surface area (Å²) in [4.78, 5) is 11.6. The average Bonchev–Trinajstić information content (AvgIpc) is 2.98. The van der Waals surface area contributed by atoms with Crippen molar-refractivity contribution in [3.05, 3.63) is 60.2 Å². The van der Waals surface area contributed by atoms with Crippen molar-refractivity contribution in [3.8, 4) is 0 Å². The highest BCUT2D eigenvalue weighted by Crippen LogP contribution is 2.31. The molecule has 1 heterocycles. The first kappa shape index (κ1) is 16.2. The third kappa shape index (κ3) is 2.78. The maximum absolute atomic E-state index is 12.6. The van der Waals surface area contributed by atoms with Crippen molar-refractivity contribution in [1.82, 2.24) is 0 Å². The van der Waals surface area contributed by atoms with E-state index in [2.05, 4.69) is 5.32 Å². The third-order valence-electron chi connectivity index (χ3n) is 4.09. The molecule has 7 heteroatoms. The molecule has 2 aromatic rings. The van der Waals surface area contributed by atoms with Gasteiger partial charge in [0, 0.05) is 11.7 Å². The number of fused-ring (bicyclic) bond motifs is 1. The van der Waals surface area contributed by atoms with Gasteiger partial charge < -0.3 is 10.4 Å². The summed E-state index contributed by atoms with van der Waals surface area (Å²) in [6, 6.07) is 14.1. The average molecular weight is 344 g/mol. The number of hydrogen-bond acceptors (Lipinski definition) is 5. The summed E-state index contributed by atoms with van der Waals surface area (Å²) >= 11 is 0. The third-order valence-corrected chi connectivity index (χ3v) is 5.82. The van der Waals surface area contributed by atoms with Gasteiger partial charge in [-0.05, 0) is 30.2 Å². The van der Waals surface area contributed by atoms with E-state index in [9.17, 15) is 18.3 Å². The van der Waals surface area contributed by atoms with E-state index in [1.807, 2.05) is 24.3 Å². The molecule has 3 N–H and O–H groups in total. The van der Waals surface area contributed by atoms with Gasteiger partial charge in [0.15, 0.2) is 0 Å². The molecule has 124 valence electrons. The lowest BCUT2D eigenvalue weighted by Gasteiger charge is -2.21. The summed E-state index contributed by atoms with van der Waals surface area (Å²) in [5.41, 5.74) is 1.69. The fourth-order valence-electron chi connectivity index (χ4n) is 2.89. The van der Waals surface area contributed by atoms with Crippen LogP contribution in [-0.4, -0.2) is 30.6 Å². The quantitative estimate of drug-likeness (QED) is 0.582. The summed E-state index contributed by atoms with van der Waals surface area (Å²) in [6.45, 7) is 0. The van der Waals surface area contributed by atoms with Gasteiger partial charge in [0.25, 0.3) is 0 Å². The van der Waals surface area contributed by atoms with Crippen LogP contribution in [0.4, 0.5) is 5.69 Å². The highest BCUT2D eigenvalue weighted by atomic mass is 32.2. The number of hydrogen-bond donors (Lipinski definition) is 3. The Morgan fingerprint density at radius 3 is 2.38 bits per heavy atom. The maximum Gasteiger partial charge on any atom is 0.315 e. The molecule has 1 aliphatic heterocycles. The molecule has 6 nitrogen and oxygen atoms in total. The van der Waals surface area contributed by atoms with Crippen LogP contribution in [-0.2, 0) is 21.1 Å². The monoisotopic (exact) mass is 344 g/mol. The number of aliphatic carboxylic acids is 1. The van der Waals surface area contributed by atoms with Gasteiger partial charge in [-0.25, -0.2) is 8.42 Å². The lowest BCUT2D eigenvalue weighted by molar-refractivity contribution is -0.139. The lowest BCUT2D eigenvalue weighted by Crippen LogP contribution is -2.41. The first-order valence-corrected chi connectivity index (χ1v) is 8.85. The van der Waals surface area contributed by atoms with E-state index in [0.29, 0.717) is 6.42 Å². The number of sulfone groups is 1. The second kappa shape index (κ2) is 6.09. The Bertz CT molecular complexity index is 869. The molecule has 0 aromatic heterocycles. The van der Waals surface area contributed by atoms with Crippen LogP contribution in [0, 0.1) is 11.3 Å².